The molecule has 4 aliphatic carbocycles. The van der Waals surface area contributed by atoms with Crippen LogP contribution in [0.25, 0.3) is 0 Å². The Hall–Kier alpha value is -2.58. The van der Waals surface area contributed by atoms with E-state index in [0.29, 0.717) is 12.8 Å². The van der Waals surface area contributed by atoms with E-state index >= 15 is 0 Å². The number of rotatable bonds is 5. The third kappa shape index (κ3) is 1.78. The number of allylic oxidation sites excluding steroid dienone is 2. The number of ether oxygens (including phenoxy) is 1. The first-order chi connectivity index (χ1) is 13.4. The molecule has 4 bridgehead atoms. The van der Waals surface area contributed by atoms with Crippen molar-refractivity contribution in [1.29, 1.82) is 0 Å². The maximum absolute atomic E-state index is 13.4. The molecule has 5 rings (SSSR count). The molecule has 0 spiro atoms. The van der Waals surface area contributed by atoms with Crippen molar-refractivity contribution in [2.75, 3.05) is 6.61 Å². The maximum atomic E-state index is 13.4. The third-order valence-electron chi connectivity index (χ3n) is 7.68. The van der Waals surface area contributed by atoms with Crippen LogP contribution in [0.15, 0.2) is 29.3 Å². The first-order valence-corrected chi connectivity index (χ1v) is 9.76. The van der Waals surface area contributed by atoms with Crippen LogP contribution >= 0.6 is 0 Å². The van der Waals surface area contributed by atoms with Crippen LogP contribution in [0.1, 0.15) is 19.8 Å². The van der Waals surface area contributed by atoms with E-state index < -0.39 is 34.9 Å². The summed E-state index contributed by atoms with van der Waals surface area (Å²) in [6.45, 7) is 1.76. The Morgan fingerprint density at radius 1 is 1.14 bits per heavy atom. The first-order valence-electron chi connectivity index (χ1n) is 9.76. The molecule has 1 aliphatic heterocycles. The minimum atomic E-state index is -1.59. The van der Waals surface area contributed by atoms with E-state index in [1.165, 1.54) is 6.21 Å². The molecule has 0 radical (unpaired) electrons. The summed E-state index contributed by atoms with van der Waals surface area (Å²) < 4.78 is 5.37. The summed E-state index contributed by atoms with van der Waals surface area (Å²) >= 11 is 0. The molecule has 2 saturated carbocycles. The van der Waals surface area contributed by atoms with E-state index in [9.17, 15) is 25.0 Å². The lowest BCUT2D eigenvalue weighted by Crippen LogP contribution is -2.62. The van der Waals surface area contributed by atoms with E-state index in [1.807, 2.05) is 24.3 Å². The molecule has 2 fully saturated rings. The van der Waals surface area contributed by atoms with Crippen molar-refractivity contribution in [2.24, 2.45) is 40.5 Å². The highest BCUT2D eigenvalue weighted by atomic mass is 16.6. The molecule has 0 saturated heterocycles. The minimum Gasteiger partial charge on any atom is -0.464 e. The van der Waals surface area contributed by atoms with Crippen LogP contribution in [0.5, 0.6) is 0 Å². The molecule has 0 aromatic heterocycles. The zero-order chi connectivity index (χ0) is 19.8. The number of carbonyl (C=O) groups is 1. The first kappa shape index (κ1) is 17.5. The Kier molecular flexibility index (Phi) is 3.43. The zero-order valence-corrected chi connectivity index (χ0v) is 15.3. The molecule has 9 atom stereocenters. The highest BCUT2D eigenvalue weighted by molar-refractivity contribution is 5.91. The topological polar surface area (TPSA) is 125 Å². The second-order valence-corrected chi connectivity index (χ2v) is 8.57. The van der Waals surface area contributed by atoms with Gasteiger partial charge in [-0.05, 0) is 31.6 Å². The molecule has 148 valence electrons. The van der Waals surface area contributed by atoms with Gasteiger partial charge in [-0.3, -0.25) is 25.2 Å². The van der Waals surface area contributed by atoms with Crippen molar-refractivity contribution < 1.29 is 19.4 Å². The van der Waals surface area contributed by atoms with Gasteiger partial charge in [-0.15, -0.1) is 0 Å². The largest absolute Gasteiger partial charge is 0.464 e. The van der Waals surface area contributed by atoms with Gasteiger partial charge in [0.1, 0.15) is 0 Å². The molecule has 28 heavy (non-hydrogen) atoms. The predicted molar refractivity (Wildman–Crippen MR) is 96.8 cm³/mol. The van der Waals surface area contributed by atoms with E-state index in [-0.39, 0.29) is 40.1 Å². The molecule has 2 unspecified atom stereocenters. The monoisotopic (exact) mass is 387 g/mol. The summed E-state index contributed by atoms with van der Waals surface area (Å²) in [4.78, 5) is 41.4. The second kappa shape index (κ2) is 5.48. The number of nitro groups is 2. The van der Waals surface area contributed by atoms with Gasteiger partial charge in [0.05, 0.1) is 30.6 Å². The normalized spacial score (nSPS) is 49.0. The summed E-state index contributed by atoms with van der Waals surface area (Å²) in [6.07, 6.45) is 9.98. The summed E-state index contributed by atoms with van der Waals surface area (Å²) in [6, 6.07) is -0.984. The molecular weight excluding hydrogens is 366 g/mol. The van der Waals surface area contributed by atoms with Crippen LogP contribution in [0.2, 0.25) is 0 Å². The van der Waals surface area contributed by atoms with E-state index in [2.05, 4.69) is 4.99 Å². The van der Waals surface area contributed by atoms with Crippen LogP contribution in [-0.4, -0.2) is 45.8 Å². The van der Waals surface area contributed by atoms with Gasteiger partial charge >= 0.3 is 5.97 Å². The molecule has 0 aromatic carbocycles. The fourth-order valence-electron chi connectivity index (χ4n) is 6.86. The van der Waals surface area contributed by atoms with Gasteiger partial charge in [0.25, 0.3) is 5.54 Å². The van der Waals surface area contributed by atoms with Crippen molar-refractivity contribution in [3.8, 4) is 0 Å². The average Bonchev–Trinajstić information content (AvgIpc) is 3.43. The van der Waals surface area contributed by atoms with Gasteiger partial charge in [0.2, 0.25) is 6.04 Å². The number of hydrogen-bond donors (Lipinski definition) is 0. The minimum absolute atomic E-state index is 0.0952. The maximum Gasteiger partial charge on any atom is 0.335 e. The smallest absolute Gasteiger partial charge is 0.335 e. The predicted octanol–water partition coefficient (Wildman–Crippen LogP) is 1.68. The molecule has 1 heterocycles. The fourth-order valence-corrected chi connectivity index (χ4v) is 6.86. The number of nitrogens with zero attached hydrogens (tertiary/aromatic N) is 3. The molecule has 0 N–H and O–H groups in total. The number of hydrogen-bond acceptors (Lipinski definition) is 7. The van der Waals surface area contributed by atoms with Crippen molar-refractivity contribution >= 4 is 12.2 Å². The molecular formula is C19H21N3O6. The summed E-state index contributed by atoms with van der Waals surface area (Å²) in [5.41, 5.74) is -3.08. The average molecular weight is 387 g/mol. The highest BCUT2D eigenvalue weighted by Gasteiger charge is 2.80. The Labute approximate surface area is 160 Å². The summed E-state index contributed by atoms with van der Waals surface area (Å²) in [7, 11) is 0. The lowest BCUT2D eigenvalue weighted by molar-refractivity contribution is -0.562. The Morgan fingerprint density at radius 3 is 2.54 bits per heavy atom. The number of esters is 1. The van der Waals surface area contributed by atoms with Crippen molar-refractivity contribution in [2.45, 2.75) is 36.9 Å². The van der Waals surface area contributed by atoms with Crippen LogP contribution in [-0.2, 0) is 9.53 Å². The van der Waals surface area contributed by atoms with Gasteiger partial charge in [0.15, 0.2) is 5.54 Å². The fraction of sp³-hybridized carbons (Fsp3) is 0.684. The molecule has 0 amide bonds. The van der Waals surface area contributed by atoms with Crippen molar-refractivity contribution in [3.05, 3.63) is 44.5 Å². The zero-order valence-electron chi connectivity index (χ0n) is 15.3. The standard InChI is InChI=1S/C19H21N3O6/c1-2-28-17(23)19(14-10-3-4-11(7-10)15(14)21(24)25)16-12-5-6-13(8-12)18(16,9-20-19)22(26)27/h3-6,9-16H,2,7-8H2,1H3/t10-,11+,12-,13+,14+,15+,16?,18+,19?/m0/s1. The van der Waals surface area contributed by atoms with E-state index in [4.69, 9.17) is 4.74 Å². The van der Waals surface area contributed by atoms with Crippen molar-refractivity contribution in [1.82, 2.24) is 0 Å². The van der Waals surface area contributed by atoms with Gasteiger partial charge in [-0.1, -0.05) is 24.3 Å². The Balaban J connectivity index is 1.71. The number of aliphatic imine (C=N–C) groups is 1. The lowest BCUT2D eigenvalue weighted by atomic mass is 9.61. The van der Waals surface area contributed by atoms with Crippen LogP contribution in [0.3, 0.4) is 0 Å². The van der Waals surface area contributed by atoms with Crippen LogP contribution in [0.4, 0.5) is 0 Å². The Morgan fingerprint density at radius 2 is 1.86 bits per heavy atom. The van der Waals surface area contributed by atoms with Gasteiger partial charge in [-0.2, -0.15) is 0 Å². The summed E-state index contributed by atoms with van der Waals surface area (Å²) in [5, 5.41) is 24.2. The van der Waals surface area contributed by atoms with E-state index in [0.717, 1.165) is 0 Å². The quantitative estimate of drug-likeness (QED) is 0.306. The van der Waals surface area contributed by atoms with Crippen LogP contribution in [0, 0.1) is 55.7 Å². The SMILES string of the molecule is CCOC(=O)C1([C@H]2[C@H]([N+](=O)[O-])[C@@H]3C=C[C@H]2C3)N=C[C@]2([N+](=O)[O-])C1[C@H]1C=C[C@@H]2C1. The number of fused-ring (bicyclic) bond motifs is 7. The third-order valence-corrected chi connectivity index (χ3v) is 7.68. The summed E-state index contributed by atoms with van der Waals surface area (Å²) in [5.74, 6) is -3.16. The van der Waals surface area contributed by atoms with Gasteiger partial charge in [-0.25, -0.2) is 4.79 Å². The highest BCUT2D eigenvalue weighted by Crippen LogP contribution is 2.64. The second-order valence-electron chi connectivity index (χ2n) is 8.57. The molecule has 9 nitrogen and oxygen atoms in total. The molecule has 0 aromatic rings. The van der Waals surface area contributed by atoms with Crippen molar-refractivity contribution in [3.63, 3.8) is 0 Å². The Bertz CT molecular complexity index is 868. The lowest BCUT2D eigenvalue weighted by Gasteiger charge is -2.42. The van der Waals surface area contributed by atoms with Gasteiger partial charge < -0.3 is 4.74 Å². The van der Waals surface area contributed by atoms with Gasteiger partial charge in [0, 0.05) is 15.8 Å². The van der Waals surface area contributed by atoms with Crippen LogP contribution < -0.4 is 0 Å². The number of carbonyl (C=O) groups excluding carboxylic acids is 1. The van der Waals surface area contributed by atoms with E-state index in [1.54, 1.807) is 6.92 Å². The molecule has 9 heteroatoms. The molecule has 5 aliphatic rings.